The molecule has 0 atom stereocenters. The lowest BCUT2D eigenvalue weighted by Crippen LogP contribution is -2.24. The number of para-hydroxylation sites is 1. The Morgan fingerprint density at radius 2 is 2.12 bits per heavy atom. The van der Waals surface area contributed by atoms with Crippen LogP contribution in [0.25, 0.3) is 10.2 Å². The van der Waals surface area contributed by atoms with Crippen LogP contribution in [-0.4, -0.2) is 32.5 Å². The van der Waals surface area contributed by atoms with Gasteiger partial charge < -0.3 is 10.1 Å². The number of fused-ring (bicyclic) bond motifs is 2. The highest BCUT2D eigenvalue weighted by Gasteiger charge is 2.21. The summed E-state index contributed by atoms with van der Waals surface area (Å²) < 4.78 is 34.3. The van der Waals surface area contributed by atoms with Gasteiger partial charge in [0.1, 0.15) is 22.8 Å². The van der Waals surface area contributed by atoms with Crippen LogP contribution in [-0.2, 0) is 10.0 Å². The van der Waals surface area contributed by atoms with Gasteiger partial charge in [-0.1, -0.05) is 6.07 Å². The average Bonchev–Trinajstić information content (AvgIpc) is 3.00. The summed E-state index contributed by atoms with van der Waals surface area (Å²) in [6.07, 6.45) is 0. The number of ether oxygens (including phenoxy) is 1. The summed E-state index contributed by atoms with van der Waals surface area (Å²) in [5.41, 5.74) is 2.61. The van der Waals surface area contributed by atoms with E-state index in [0.717, 1.165) is 4.70 Å². The van der Waals surface area contributed by atoms with E-state index >= 15 is 0 Å². The van der Waals surface area contributed by atoms with Gasteiger partial charge in [-0.3, -0.25) is 9.52 Å². The molecule has 7 nitrogen and oxygen atoms in total. The highest BCUT2D eigenvalue weighted by molar-refractivity contribution is 7.93. The Morgan fingerprint density at radius 3 is 3.00 bits per heavy atom. The Kier molecular flexibility index (Phi) is 3.81. The molecule has 0 saturated carbocycles. The molecule has 128 valence electrons. The summed E-state index contributed by atoms with van der Waals surface area (Å²) in [4.78, 5) is 16.3. The van der Waals surface area contributed by atoms with Crippen LogP contribution in [0.2, 0.25) is 0 Å². The van der Waals surface area contributed by atoms with Crippen LogP contribution in [0.3, 0.4) is 0 Å². The summed E-state index contributed by atoms with van der Waals surface area (Å²) >= 11 is 1.37. The average molecular weight is 375 g/mol. The van der Waals surface area contributed by atoms with Crippen molar-refractivity contribution in [2.75, 3.05) is 17.9 Å². The number of amides is 1. The van der Waals surface area contributed by atoms with E-state index < -0.39 is 10.0 Å². The maximum absolute atomic E-state index is 12.8. The molecule has 1 aliphatic heterocycles. The maximum Gasteiger partial charge on any atom is 0.264 e. The second-order valence-corrected chi connectivity index (χ2v) is 7.91. The number of rotatable bonds is 3. The zero-order valence-corrected chi connectivity index (χ0v) is 14.5. The maximum atomic E-state index is 12.8. The number of sulfonamides is 1. The first kappa shape index (κ1) is 15.9. The molecule has 2 aromatic carbocycles. The van der Waals surface area contributed by atoms with Gasteiger partial charge in [-0.2, -0.15) is 0 Å². The fourth-order valence-electron chi connectivity index (χ4n) is 2.60. The van der Waals surface area contributed by atoms with E-state index in [4.69, 9.17) is 4.74 Å². The topological polar surface area (TPSA) is 97.4 Å². The predicted molar refractivity (Wildman–Crippen MR) is 94.7 cm³/mol. The van der Waals surface area contributed by atoms with E-state index in [1.54, 1.807) is 23.7 Å². The molecule has 2 N–H and O–H groups in total. The molecule has 0 unspecified atom stereocenters. The number of thiazole rings is 1. The number of benzene rings is 2. The van der Waals surface area contributed by atoms with Crippen LogP contribution in [0.1, 0.15) is 10.4 Å². The summed E-state index contributed by atoms with van der Waals surface area (Å²) in [5, 5.41) is 2.69. The summed E-state index contributed by atoms with van der Waals surface area (Å²) in [7, 11) is -3.84. The van der Waals surface area contributed by atoms with Gasteiger partial charge in [0.15, 0.2) is 0 Å². The fraction of sp³-hybridized carbons (Fsp3) is 0.125. The van der Waals surface area contributed by atoms with Crippen molar-refractivity contribution in [3.8, 4) is 5.75 Å². The van der Waals surface area contributed by atoms with Crippen molar-refractivity contribution in [1.29, 1.82) is 0 Å². The number of anilines is 1. The zero-order chi connectivity index (χ0) is 17.4. The molecule has 1 aromatic heterocycles. The molecular formula is C16H13N3O4S2. The van der Waals surface area contributed by atoms with E-state index in [0.29, 0.717) is 30.0 Å². The Labute approximate surface area is 147 Å². The van der Waals surface area contributed by atoms with E-state index in [2.05, 4.69) is 15.0 Å². The number of carbonyl (C=O) groups is 1. The van der Waals surface area contributed by atoms with E-state index in [-0.39, 0.29) is 16.5 Å². The number of hydrogen-bond acceptors (Lipinski definition) is 6. The molecule has 25 heavy (non-hydrogen) atoms. The van der Waals surface area contributed by atoms with Gasteiger partial charge in [0.25, 0.3) is 15.9 Å². The van der Waals surface area contributed by atoms with Crippen molar-refractivity contribution in [1.82, 2.24) is 10.3 Å². The number of nitrogens with zero attached hydrogens (tertiary/aromatic N) is 1. The molecule has 0 spiro atoms. The first-order valence-corrected chi connectivity index (χ1v) is 9.81. The molecule has 0 aliphatic carbocycles. The van der Waals surface area contributed by atoms with Gasteiger partial charge in [-0.25, -0.2) is 13.4 Å². The van der Waals surface area contributed by atoms with Gasteiger partial charge in [0.2, 0.25) is 0 Å². The van der Waals surface area contributed by atoms with Crippen LogP contribution in [0.4, 0.5) is 5.69 Å². The first-order valence-electron chi connectivity index (χ1n) is 7.45. The van der Waals surface area contributed by atoms with Gasteiger partial charge in [0, 0.05) is 5.69 Å². The SMILES string of the molecule is O=C1NCCOc2ccc(NS(=O)(=O)c3cccc4scnc34)cc21. The van der Waals surface area contributed by atoms with Crippen molar-refractivity contribution in [2.45, 2.75) is 4.90 Å². The molecule has 3 aromatic rings. The molecule has 2 heterocycles. The first-order chi connectivity index (χ1) is 12.0. The molecule has 4 rings (SSSR count). The molecule has 0 radical (unpaired) electrons. The van der Waals surface area contributed by atoms with Crippen LogP contribution in [0, 0.1) is 0 Å². The Balaban J connectivity index is 1.72. The van der Waals surface area contributed by atoms with Crippen molar-refractivity contribution in [2.24, 2.45) is 0 Å². The normalized spacial score (nSPS) is 14.3. The lowest BCUT2D eigenvalue weighted by Gasteiger charge is -2.11. The fourth-order valence-corrected chi connectivity index (χ4v) is 4.59. The van der Waals surface area contributed by atoms with E-state index in [1.807, 2.05) is 6.07 Å². The van der Waals surface area contributed by atoms with Gasteiger partial charge in [-0.05, 0) is 30.3 Å². The minimum Gasteiger partial charge on any atom is -0.491 e. The second kappa shape index (κ2) is 6.01. The van der Waals surface area contributed by atoms with Crippen molar-refractivity contribution < 1.29 is 17.9 Å². The lowest BCUT2D eigenvalue weighted by atomic mass is 10.1. The van der Waals surface area contributed by atoms with Crippen molar-refractivity contribution in [3.05, 3.63) is 47.5 Å². The largest absolute Gasteiger partial charge is 0.491 e. The summed E-state index contributed by atoms with van der Waals surface area (Å²) in [6, 6.07) is 9.61. The van der Waals surface area contributed by atoms with E-state index in [1.165, 1.54) is 23.5 Å². The van der Waals surface area contributed by atoms with Gasteiger partial charge in [0.05, 0.1) is 22.3 Å². The third kappa shape index (κ3) is 2.92. The number of hydrogen-bond donors (Lipinski definition) is 2. The third-order valence-corrected chi connectivity index (χ3v) is 5.94. The molecule has 1 amide bonds. The smallest absolute Gasteiger partial charge is 0.264 e. The Hall–Kier alpha value is -2.65. The van der Waals surface area contributed by atoms with Crippen molar-refractivity contribution in [3.63, 3.8) is 0 Å². The lowest BCUT2D eigenvalue weighted by molar-refractivity contribution is 0.0957. The van der Waals surface area contributed by atoms with Crippen LogP contribution in [0.5, 0.6) is 5.75 Å². The summed E-state index contributed by atoms with van der Waals surface area (Å²) in [6.45, 7) is 0.774. The molecule has 0 saturated heterocycles. The predicted octanol–water partition coefficient (Wildman–Crippen LogP) is 2.22. The number of nitrogens with one attached hydrogen (secondary N) is 2. The van der Waals surface area contributed by atoms with Gasteiger partial charge in [-0.15, -0.1) is 11.3 Å². The molecule has 0 bridgehead atoms. The Bertz CT molecular complexity index is 1080. The highest BCUT2D eigenvalue weighted by atomic mass is 32.2. The van der Waals surface area contributed by atoms with Crippen LogP contribution in [0.15, 0.2) is 46.8 Å². The molecule has 9 heteroatoms. The minimum absolute atomic E-state index is 0.0990. The monoisotopic (exact) mass is 375 g/mol. The quantitative estimate of drug-likeness (QED) is 0.732. The standard InChI is InChI=1S/C16H13N3O4S2/c20-16-11-8-10(4-5-12(11)23-7-6-17-16)19-25(21,22)14-3-1-2-13-15(14)18-9-24-13/h1-5,8-9,19H,6-7H2,(H,17,20). The molecule has 1 aliphatic rings. The van der Waals surface area contributed by atoms with Gasteiger partial charge >= 0.3 is 0 Å². The van der Waals surface area contributed by atoms with Crippen molar-refractivity contribution >= 4 is 43.2 Å². The molecule has 0 fully saturated rings. The third-order valence-electron chi connectivity index (χ3n) is 3.73. The second-order valence-electron chi connectivity index (χ2n) is 5.38. The number of aromatic nitrogens is 1. The van der Waals surface area contributed by atoms with Crippen LogP contribution >= 0.6 is 11.3 Å². The highest BCUT2D eigenvalue weighted by Crippen LogP contribution is 2.28. The number of carbonyl (C=O) groups excluding carboxylic acids is 1. The zero-order valence-electron chi connectivity index (χ0n) is 12.9. The van der Waals surface area contributed by atoms with Crippen LogP contribution < -0.4 is 14.8 Å². The molecular weight excluding hydrogens is 362 g/mol. The minimum atomic E-state index is -3.84. The summed E-state index contributed by atoms with van der Waals surface area (Å²) in [5.74, 6) is 0.134. The Morgan fingerprint density at radius 1 is 1.24 bits per heavy atom. The van der Waals surface area contributed by atoms with E-state index in [9.17, 15) is 13.2 Å².